The lowest BCUT2D eigenvalue weighted by Gasteiger charge is -2.24. The molecule has 0 heterocycles. The van der Waals surface area contributed by atoms with Gasteiger partial charge in [-0.05, 0) is 54.9 Å². The SMILES string of the molecule is COc1ccc(C(N)CCC(=O)O)c2c1CCCC2. The molecule has 2 rings (SSSR count). The van der Waals surface area contributed by atoms with Crippen molar-refractivity contribution in [3.8, 4) is 5.75 Å². The zero-order valence-corrected chi connectivity index (χ0v) is 11.3. The van der Waals surface area contributed by atoms with Gasteiger partial charge in [-0.25, -0.2) is 0 Å². The van der Waals surface area contributed by atoms with Gasteiger partial charge in [-0.2, -0.15) is 0 Å². The van der Waals surface area contributed by atoms with Crippen molar-refractivity contribution in [1.29, 1.82) is 0 Å². The Morgan fingerprint density at radius 3 is 2.68 bits per heavy atom. The zero-order valence-electron chi connectivity index (χ0n) is 11.3. The number of aliphatic carboxylic acids is 1. The summed E-state index contributed by atoms with van der Waals surface area (Å²) in [5.41, 5.74) is 9.79. The monoisotopic (exact) mass is 263 g/mol. The van der Waals surface area contributed by atoms with Crippen molar-refractivity contribution in [1.82, 2.24) is 0 Å². The first-order valence-electron chi connectivity index (χ1n) is 6.79. The van der Waals surface area contributed by atoms with E-state index in [9.17, 15) is 4.79 Å². The molecule has 1 atom stereocenters. The highest BCUT2D eigenvalue weighted by atomic mass is 16.5. The first-order chi connectivity index (χ1) is 9.13. The summed E-state index contributed by atoms with van der Waals surface area (Å²) in [5, 5.41) is 8.75. The summed E-state index contributed by atoms with van der Waals surface area (Å²) in [7, 11) is 1.69. The normalized spacial score (nSPS) is 15.7. The molecule has 19 heavy (non-hydrogen) atoms. The van der Waals surface area contributed by atoms with Crippen LogP contribution in [0.1, 0.15) is 48.4 Å². The van der Waals surface area contributed by atoms with Crippen molar-refractivity contribution in [3.05, 3.63) is 28.8 Å². The number of carboxylic acids is 1. The van der Waals surface area contributed by atoms with Crippen LogP contribution in [0.3, 0.4) is 0 Å². The molecule has 0 radical (unpaired) electrons. The Morgan fingerprint density at radius 2 is 2.05 bits per heavy atom. The van der Waals surface area contributed by atoms with E-state index in [0.29, 0.717) is 6.42 Å². The van der Waals surface area contributed by atoms with Crippen LogP contribution in [0.15, 0.2) is 12.1 Å². The fourth-order valence-corrected chi connectivity index (χ4v) is 2.84. The lowest BCUT2D eigenvalue weighted by Crippen LogP contribution is -2.17. The van der Waals surface area contributed by atoms with Crippen LogP contribution >= 0.6 is 0 Å². The summed E-state index contributed by atoms with van der Waals surface area (Å²) in [6, 6.07) is 3.75. The average molecular weight is 263 g/mol. The smallest absolute Gasteiger partial charge is 0.303 e. The Balaban J connectivity index is 2.27. The molecular weight excluding hydrogens is 242 g/mol. The van der Waals surface area contributed by atoms with Gasteiger partial charge in [-0.3, -0.25) is 4.79 Å². The van der Waals surface area contributed by atoms with Crippen molar-refractivity contribution in [2.24, 2.45) is 5.73 Å². The lowest BCUT2D eigenvalue weighted by molar-refractivity contribution is -0.137. The van der Waals surface area contributed by atoms with Gasteiger partial charge >= 0.3 is 5.97 Å². The van der Waals surface area contributed by atoms with Crippen molar-refractivity contribution in [2.75, 3.05) is 7.11 Å². The summed E-state index contributed by atoms with van der Waals surface area (Å²) >= 11 is 0. The van der Waals surface area contributed by atoms with E-state index in [1.165, 1.54) is 24.0 Å². The molecule has 4 heteroatoms. The summed E-state index contributed by atoms with van der Waals surface area (Å²) in [4.78, 5) is 10.6. The molecule has 4 nitrogen and oxygen atoms in total. The third-order valence-corrected chi connectivity index (χ3v) is 3.82. The molecule has 0 bridgehead atoms. The molecule has 1 aliphatic rings. The van der Waals surface area contributed by atoms with Crippen molar-refractivity contribution in [2.45, 2.75) is 44.6 Å². The molecule has 1 unspecified atom stereocenters. The first kappa shape index (κ1) is 13.9. The van der Waals surface area contributed by atoms with Gasteiger partial charge in [0.15, 0.2) is 0 Å². The van der Waals surface area contributed by atoms with Crippen LogP contribution in [-0.2, 0) is 17.6 Å². The maximum absolute atomic E-state index is 10.6. The van der Waals surface area contributed by atoms with Gasteiger partial charge in [0, 0.05) is 12.5 Å². The number of benzene rings is 1. The number of carboxylic acid groups (broad SMARTS) is 1. The Labute approximate surface area is 113 Å². The molecule has 0 aliphatic heterocycles. The van der Waals surface area contributed by atoms with E-state index in [-0.39, 0.29) is 12.5 Å². The molecular formula is C15H21NO3. The van der Waals surface area contributed by atoms with Gasteiger partial charge in [-0.15, -0.1) is 0 Å². The number of nitrogens with two attached hydrogens (primary N) is 1. The number of rotatable bonds is 5. The van der Waals surface area contributed by atoms with E-state index < -0.39 is 5.97 Å². The largest absolute Gasteiger partial charge is 0.496 e. The summed E-state index contributed by atoms with van der Waals surface area (Å²) in [5.74, 6) is 0.140. The molecule has 0 aromatic heterocycles. The number of fused-ring (bicyclic) bond motifs is 1. The number of hydrogen-bond donors (Lipinski definition) is 2. The second-order valence-electron chi connectivity index (χ2n) is 5.06. The first-order valence-corrected chi connectivity index (χ1v) is 6.79. The Morgan fingerprint density at radius 1 is 1.37 bits per heavy atom. The minimum Gasteiger partial charge on any atom is -0.496 e. The van der Waals surface area contributed by atoms with E-state index in [0.717, 1.165) is 24.2 Å². The topological polar surface area (TPSA) is 72.5 Å². The minimum atomic E-state index is -0.794. The van der Waals surface area contributed by atoms with Gasteiger partial charge in [-0.1, -0.05) is 6.07 Å². The predicted molar refractivity (Wildman–Crippen MR) is 73.4 cm³/mol. The van der Waals surface area contributed by atoms with Crippen molar-refractivity contribution < 1.29 is 14.6 Å². The second-order valence-corrected chi connectivity index (χ2v) is 5.06. The summed E-state index contributed by atoms with van der Waals surface area (Å²) < 4.78 is 5.41. The number of ether oxygens (including phenoxy) is 1. The molecule has 1 aromatic rings. The lowest BCUT2D eigenvalue weighted by atomic mass is 9.84. The Bertz CT molecular complexity index is 471. The summed E-state index contributed by atoms with van der Waals surface area (Å²) in [6.07, 6.45) is 4.98. The van der Waals surface area contributed by atoms with Crippen LogP contribution in [-0.4, -0.2) is 18.2 Å². The maximum Gasteiger partial charge on any atom is 0.303 e. The molecule has 1 aliphatic carbocycles. The van der Waals surface area contributed by atoms with Crippen LogP contribution in [0.4, 0.5) is 0 Å². The molecule has 1 aromatic carbocycles. The van der Waals surface area contributed by atoms with E-state index in [1.54, 1.807) is 7.11 Å². The molecule has 0 spiro atoms. The van der Waals surface area contributed by atoms with Crippen molar-refractivity contribution >= 4 is 5.97 Å². The van der Waals surface area contributed by atoms with Gasteiger partial charge < -0.3 is 15.6 Å². The van der Waals surface area contributed by atoms with Crippen LogP contribution in [0.5, 0.6) is 5.75 Å². The third-order valence-electron chi connectivity index (χ3n) is 3.82. The van der Waals surface area contributed by atoms with Gasteiger partial charge in [0.1, 0.15) is 5.75 Å². The van der Waals surface area contributed by atoms with E-state index in [1.807, 2.05) is 12.1 Å². The maximum atomic E-state index is 10.6. The van der Waals surface area contributed by atoms with E-state index in [4.69, 9.17) is 15.6 Å². The number of methoxy groups -OCH3 is 1. The molecule has 0 saturated heterocycles. The second kappa shape index (κ2) is 6.06. The van der Waals surface area contributed by atoms with Gasteiger partial charge in [0.05, 0.1) is 7.11 Å². The molecule has 104 valence electrons. The van der Waals surface area contributed by atoms with E-state index in [2.05, 4.69) is 0 Å². The molecule has 0 amide bonds. The quantitative estimate of drug-likeness (QED) is 0.855. The molecule has 3 N–H and O–H groups in total. The van der Waals surface area contributed by atoms with Crippen LogP contribution < -0.4 is 10.5 Å². The zero-order chi connectivity index (χ0) is 13.8. The van der Waals surface area contributed by atoms with Crippen LogP contribution in [0.2, 0.25) is 0 Å². The Kier molecular flexibility index (Phi) is 4.43. The standard InChI is InChI=1S/C15H21NO3/c1-19-14-8-6-11(13(16)7-9-15(17)18)10-4-2-3-5-12(10)14/h6,8,13H,2-5,7,9,16H2,1H3,(H,17,18). The van der Waals surface area contributed by atoms with Gasteiger partial charge in [0.2, 0.25) is 0 Å². The van der Waals surface area contributed by atoms with Crippen molar-refractivity contribution in [3.63, 3.8) is 0 Å². The highest BCUT2D eigenvalue weighted by Gasteiger charge is 2.20. The van der Waals surface area contributed by atoms with Crippen LogP contribution in [0, 0.1) is 0 Å². The van der Waals surface area contributed by atoms with E-state index >= 15 is 0 Å². The highest BCUT2D eigenvalue weighted by molar-refractivity contribution is 5.66. The predicted octanol–water partition coefficient (Wildman–Crippen LogP) is 2.44. The van der Waals surface area contributed by atoms with Crippen LogP contribution in [0.25, 0.3) is 0 Å². The fourth-order valence-electron chi connectivity index (χ4n) is 2.84. The fraction of sp³-hybridized carbons (Fsp3) is 0.533. The molecule has 0 saturated carbocycles. The van der Waals surface area contributed by atoms with Gasteiger partial charge in [0.25, 0.3) is 0 Å². The molecule has 0 fully saturated rings. The third kappa shape index (κ3) is 3.07. The number of hydrogen-bond acceptors (Lipinski definition) is 3. The number of carbonyl (C=O) groups is 1. The highest BCUT2D eigenvalue weighted by Crippen LogP contribution is 2.35. The average Bonchev–Trinajstić information content (AvgIpc) is 2.43. The Hall–Kier alpha value is -1.55. The summed E-state index contributed by atoms with van der Waals surface area (Å²) in [6.45, 7) is 0. The minimum absolute atomic E-state index is 0.113.